The van der Waals surface area contributed by atoms with Crippen molar-refractivity contribution in [3.63, 3.8) is 0 Å². The van der Waals surface area contributed by atoms with E-state index in [4.69, 9.17) is 9.47 Å². The van der Waals surface area contributed by atoms with Crippen LogP contribution in [-0.4, -0.2) is 58.1 Å². The van der Waals surface area contributed by atoms with Crippen LogP contribution in [0.5, 0.6) is 0 Å². The number of nitrogens with zero attached hydrogens (tertiary/aromatic N) is 1. The van der Waals surface area contributed by atoms with Gasteiger partial charge in [-0.3, -0.25) is 0 Å². The molecule has 0 spiro atoms. The van der Waals surface area contributed by atoms with Crippen molar-refractivity contribution in [1.82, 2.24) is 0 Å². The van der Waals surface area contributed by atoms with Crippen LogP contribution in [0.4, 0.5) is 0 Å². The average Bonchev–Trinajstić information content (AvgIpc) is 3.01. The van der Waals surface area contributed by atoms with E-state index in [1.807, 2.05) is 0 Å². The summed E-state index contributed by atoms with van der Waals surface area (Å²) in [6.45, 7) is 8.14. The minimum atomic E-state index is 0.218. The fourth-order valence-electron chi connectivity index (χ4n) is 6.33. The predicted octanol–water partition coefficient (Wildman–Crippen LogP) is 13.4. The maximum atomic E-state index is 6.32. The van der Waals surface area contributed by atoms with E-state index in [1.165, 1.54) is 193 Å². The zero-order chi connectivity index (χ0) is 32.9. The first-order chi connectivity index (χ1) is 22.0. The molecule has 270 valence electrons. The van der Waals surface area contributed by atoms with Crippen LogP contribution >= 0.6 is 0 Å². The summed E-state index contributed by atoms with van der Waals surface area (Å²) in [4.78, 5) is 0. The molecule has 0 fully saturated rings. The van der Waals surface area contributed by atoms with Gasteiger partial charge in [0, 0.05) is 13.2 Å². The zero-order valence-corrected chi connectivity index (χ0v) is 32.0. The summed E-state index contributed by atoms with van der Waals surface area (Å²) in [5, 5.41) is 0. The van der Waals surface area contributed by atoms with E-state index in [1.54, 1.807) is 0 Å². The van der Waals surface area contributed by atoms with Crippen LogP contribution in [-0.2, 0) is 9.47 Å². The molecule has 0 amide bonds. The fourth-order valence-corrected chi connectivity index (χ4v) is 6.33. The average molecular weight is 637 g/mol. The van der Waals surface area contributed by atoms with E-state index in [-0.39, 0.29) is 6.10 Å². The lowest BCUT2D eigenvalue weighted by molar-refractivity contribution is -0.873. The number of allylic oxidation sites excluding steroid dienone is 2. The number of rotatable bonds is 38. The molecule has 1 unspecified atom stereocenters. The number of hydrogen-bond acceptors (Lipinski definition) is 2. The van der Waals surface area contributed by atoms with E-state index in [2.05, 4.69) is 47.1 Å². The summed E-state index contributed by atoms with van der Waals surface area (Å²) in [5.74, 6) is 0. The Kier molecular flexibility index (Phi) is 36.1. The normalized spacial score (nSPS) is 12.9. The van der Waals surface area contributed by atoms with Crippen molar-refractivity contribution < 1.29 is 14.0 Å². The van der Waals surface area contributed by atoms with E-state index in [0.717, 1.165) is 30.8 Å². The Labute approximate surface area is 285 Å². The summed E-state index contributed by atoms with van der Waals surface area (Å²) >= 11 is 0. The first kappa shape index (κ1) is 44.6. The number of ether oxygens (including phenoxy) is 2. The summed E-state index contributed by atoms with van der Waals surface area (Å²) < 4.78 is 13.4. The molecule has 45 heavy (non-hydrogen) atoms. The quantitative estimate of drug-likeness (QED) is 0.0381. The van der Waals surface area contributed by atoms with Gasteiger partial charge in [0.25, 0.3) is 0 Å². The Hall–Kier alpha value is -0.380. The highest BCUT2D eigenvalue weighted by Crippen LogP contribution is 2.15. The van der Waals surface area contributed by atoms with Gasteiger partial charge in [-0.1, -0.05) is 180 Å². The van der Waals surface area contributed by atoms with Crippen LogP contribution in [0.2, 0.25) is 0 Å². The molecule has 0 N–H and O–H groups in total. The van der Waals surface area contributed by atoms with Crippen molar-refractivity contribution >= 4 is 0 Å². The molecule has 0 heterocycles. The number of likely N-dealkylation sites (N-methyl/N-ethyl adjacent to an activating group) is 1. The number of quaternary nitrogens is 1. The highest BCUT2D eigenvalue weighted by atomic mass is 16.5. The molecule has 0 rings (SSSR count). The van der Waals surface area contributed by atoms with Crippen LogP contribution in [0, 0.1) is 0 Å². The van der Waals surface area contributed by atoms with Crippen molar-refractivity contribution in [2.75, 3.05) is 47.5 Å². The molecule has 0 aliphatic carbocycles. The van der Waals surface area contributed by atoms with Gasteiger partial charge in [-0.2, -0.15) is 0 Å². The lowest BCUT2D eigenvalue weighted by Crippen LogP contribution is -2.44. The second kappa shape index (κ2) is 36.5. The van der Waals surface area contributed by atoms with Gasteiger partial charge >= 0.3 is 0 Å². The third-order valence-corrected chi connectivity index (χ3v) is 9.21. The zero-order valence-electron chi connectivity index (χ0n) is 32.0. The Balaban J connectivity index is 3.58. The van der Waals surface area contributed by atoms with Crippen molar-refractivity contribution in [2.45, 2.75) is 213 Å². The predicted molar refractivity (Wildman–Crippen MR) is 202 cm³/mol. The molecule has 0 bridgehead atoms. The van der Waals surface area contributed by atoms with Gasteiger partial charge in [0.1, 0.15) is 12.6 Å². The molecule has 1 atom stereocenters. The van der Waals surface area contributed by atoms with Crippen molar-refractivity contribution in [3.8, 4) is 0 Å². The number of hydrogen-bond donors (Lipinski definition) is 0. The van der Waals surface area contributed by atoms with E-state index >= 15 is 0 Å². The van der Waals surface area contributed by atoms with Gasteiger partial charge in [-0.25, -0.2) is 0 Å². The molecular weight excluding hydrogens is 550 g/mol. The monoisotopic (exact) mass is 637 g/mol. The highest BCUT2D eigenvalue weighted by molar-refractivity contribution is 4.81. The Bertz CT molecular complexity index is 570. The van der Waals surface area contributed by atoms with Crippen LogP contribution in [0.3, 0.4) is 0 Å². The van der Waals surface area contributed by atoms with E-state index in [9.17, 15) is 0 Å². The van der Waals surface area contributed by atoms with E-state index < -0.39 is 0 Å². The minimum absolute atomic E-state index is 0.218. The molecule has 0 saturated heterocycles. The Morgan fingerprint density at radius 3 is 1.13 bits per heavy atom. The SMILES string of the molecule is CCCCCCCC/C=C\CCCCCCCCOCC(C[N+](C)(C)C)OCCCCCCCCCCCCCCCCCC. The van der Waals surface area contributed by atoms with Gasteiger partial charge in [0.05, 0.1) is 27.7 Å². The Morgan fingerprint density at radius 1 is 0.422 bits per heavy atom. The van der Waals surface area contributed by atoms with Crippen LogP contribution in [0.1, 0.15) is 206 Å². The second-order valence-electron chi connectivity index (χ2n) is 15.3. The largest absolute Gasteiger partial charge is 0.379 e. The molecule has 0 aliphatic rings. The third kappa shape index (κ3) is 39.7. The lowest BCUT2D eigenvalue weighted by Gasteiger charge is -2.29. The van der Waals surface area contributed by atoms with Crippen molar-refractivity contribution in [1.29, 1.82) is 0 Å². The van der Waals surface area contributed by atoms with E-state index in [0.29, 0.717) is 0 Å². The van der Waals surface area contributed by atoms with Crippen LogP contribution in [0.25, 0.3) is 0 Å². The Morgan fingerprint density at radius 2 is 0.756 bits per heavy atom. The molecule has 0 radical (unpaired) electrons. The first-order valence-electron chi connectivity index (χ1n) is 20.6. The van der Waals surface area contributed by atoms with Crippen LogP contribution < -0.4 is 0 Å². The maximum Gasteiger partial charge on any atom is 0.130 e. The van der Waals surface area contributed by atoms with Gasteiger partial charge in [0.2, 0.25) is 0 Å². The molecule has 3 nitrogen and oxygen atoms in total. The first-order valence-corrected chi connectivity index (χ1v) is 20.6. The topological polar surface area (TPSA) is 18.5 Å². The maximum absolute atomic E-state index is 6.32. The standard InChI is InChI=1S/C42H86NO2/c1-6-8-10-12-14-16-18-20-22-24-26-28-30-32-34-36-38-44-41-42(40-43(3,4)5)45-39-37-35-33-31-29-27-25-23-21-19-17-15-13-11-9-7-2/h20,22,42H,6-19,21,23-41H2,1-5H3/q+1/b22-20-. The third-order valence-electron chi connectivity index (χ3n) is 9.21. The van der Waals surface area contributed by atoms with Crippen LogP contribution in [0.15, 0.2) is 12.2 Å². The molecule has 3 heteroatoms. The minimum Gasteiger partial charge on any atom is -0.379 e. The molecule has 0 aromatic rings. The number of unbranched alkanes of at least 4 members (excludes halogenated alkanes) is 27. The van der Waals surface area contributed by atoms with Gasteiger partial charge < -0.3 is 14.0 Å². The van der Waals surface area contributed by atoms with Crippen molar-refractivity contribution in [3.05, 3.63) is 12.2 Å². The summed E-state index contributed by atoms with van der Waals surface area (Å²) in [5.41, 5.74) is 0. The van der Waals surface area contributed by atoms with Crippen molar-refractivity contribution in [2.24, 2.45) is 0 Å². The molecule has 0 aromatic carbocycles. The fraction of sp³-hybridized carbons (Fsp3) is 0.952. The lowest BCUT2D eigenvalue weighted by atomic mass is 10.0. The van der Waals surface area contributed by atoms with Gasteiger partial charge in [-0.05, 0) is 38.5 Å². The van der Waals surface area contributed by atoms with Gasteiger partial charge in [-0.15, -0.1) is 0 Å². The highest BCUT2D eigenvalue weighted by Gasteiger charge is 2.19. The molecular formula is C42H86NO2+. The summed E-state index contributed by atoms with van der Waals surface area (Å²) in [6, 6.07) is 0. The summed E-state index contributed by atoms with van der Waals surface area (Å²) in [6.07, 6.45) is 46.6. The molecule has 0 saturated carbocycles. The van der Waals surface area contributed by atoms with Gasteiger partial charge in [0.15, 0.2) is 0 Å². The smallest absolute Gasteiger partial charge is 0.130 e. The molecule has 0 aliphatic heterocycles. The molecule has 0 aromatic heterocycles. The summed E-state index contributed by atoms with van der Waals surface area (Å²) in [7, 11) is 6.78. The second-order valence-corrected chi connectivity index (χ2v) is 15.3.